The van der Waals surface area contributed by atoms with Crippen LogP contribution in [0.5, 0.6) is 5.75 Å². The fraction of sp³-hybridized carbons (Fsp3) is 0.333. The number of aromatic hydroxyl groups is 1. The van der Waals surface area contributed by atoms with E-state index in [9.17, 15) is 5.11 Å². The van der Waals surface area contributed by atoms with Gasteiger partial charge in [-0.05, 0) is 12.1 Å². The lowest BCUT2D eigenvalue weighted by atomic mass is 10.2. The van der Waals surface area contributed by atoms with E-state index in [1.165, 1.54) is 0 Å². The molecule has 0 unspecified atom stereocenters. The number of rotatable bonds is 4. The minimum atomic E-state index is -0.0151. The van der Waals surface area contributed by atoms with Gasteiger partial charge in [0.25, 0.3) is 0 Å². The number of aliphatic hydroxyl groups excluding tert-OH is 1. The number of phenols is 1. The highest BCUT2D eigenvalue weighted by Crippen LogP contribution is 2.13. The number of phenolic OH excluding ortho intramolecular Hbond substituents is 1. The second-order valence-corrected chi connectivity index (χ2v) is 3.78. The molecule has 0 bridgehead atoms. The number of aliphatic imine (C=N–C) groups is 1. The van der Waals surface area contributed by atoms with Crippen LogP contribution in [0.2, 0.25) is 0 Å². The number of para-hydroxylation sites is 1. The zero-order valence-electron chi connectivity index (χ0n) is 9.95. The molecule has 0 amide bonds. The van der Waals surface area contributed by atoms with Gasteiger partial charge in [-0.1, -0.05) is 12.1 Å². The molecule has 0 saturated heterocycles. The summed E-state index contributed by atoms with van der Waals surface area (Å²) in [6, 6.07) is 6.94. The zero-order chi connectivity index (χ0) is 12.8. The Morgan fingerprint density at radius 3 is 2.94 bits per heavy atom. The Balaban J connectivity index is 2.11. The highest BCUT2D eigenvalue weighted by atomic mass is 16.3. The minimum absolute atomic E-state index is 0.0151. The van der Waals surface area contributed by atoms with Crippen LogP contribution in [0.4, 0.5) is 0 Å². The number of guanidine groups is 1. The molecule has 6 heteroatoms. The van der Waals surface area contributed by atoms with E-state index in [4.69, 9.17) is 5.11 Å². The van der Waals surface area contributed by atoms with Crippen LogP contribution in [0.3, 0.4) is 0 Å². The number of benzene rings is 1. The van der Waals surface area contributed by atoms with Crippen molar-refractivity contribution in [2.75, 3.05) is 26.2 Å². The zero-order valence-corrected chi connectivity index (χ0v) is 9.95. The SMILES string of the molecule is OCCN(/N=C/c1ccccc1O)C1=NCCN1. The molecule has 0 radical (unpaired) electrons. The minimum Gasteiger partial charge on any atom is -0.507 e. The van der Waals surface area contributed by atoms with Gasteiger partial charge in [-0.15, -0.1) is 0 Å². The van der Waals surface area contributed by atoms with Crippen molar-refractivity contribution in [2.45, 2.75) is 0 Å². The summed E-state index contributed by atoms with van der Waals surface area (Å²) < 4.78 is 0. The lowest BCUT2D eigenvalue weighted by molar-refractivity contribution is 0.251. The molecule has 1 heterocycles. The third-order valence-electron chi connectivity index (χ3n) is 2.49. The number of hydrogen-bond donors (Lipinski definition) is 3. The molecule has 0 aliphatic carbocycles. The molecule has 0 fully saturated rings. The fourth-order valence-corrected chi connectivity index (χ4v) is 1.60. The average molecular weight is 248 g/mol. The van der Waals surface area contributed by atoms with Gasteiger partial charge in [0.05, 0.1) is 25.9 Å². The third-order valence-corrected chi connectivity index (χ3v) is 2.49. The van der Waals surface area contributed by atoms with E-state index in [0.717, 1.165) is 6.54 Å². The van der Waals surface area contributed by atoms with Crippen molar-refractivity contribution >= 4 is 12.2 Å². The summed E-state index contributed by atoms with van der Waals surface area (Å²) >= 11 is 0. The third kappa shape index (κ3) is 2.98. The molecular weight excluding hydrogens is 232 g/mol. The lowest BCUT2D eigenvalue weighted by Gasteiger charge is -2.17. The van der Waals surface area contributed by atoms with E-state index >= 15 is 0 Å². The molecular formula is C12H16N4O2. The summed E-state index contributed by atoms with van der Waals surface area (Å²) in [6.07, 6.45) is 1.55. The first-order valence-electron chi connectivity index (χ1n) is 5.80. The molecule has 18 heavy (non-hydrogen) atoms. The summed E-state index contributed by atoms with van der Waals surface area (Å²) in [4.78, 5) is 4.23. The van der Waals surface area contributed by atoms with E-state index in [0.29, 0.717) is 24.6 Å². The lowest BCUT2D eigenvalue weighted by Crippen LogP contribution is -2.36. The first-order chi connectivity index (χ1) is 8.81. The highest BCUT2D eigenvalue weighted by molar-refractivity contribution is 5.86. The smallest absolute Gasteiger partial charge is 0.215 e. The summed E-state index contributed by atoms with van der Waals surface area (Å²) in [5.74, 6) is 0.822. The van der Waals surface area contributed by atoms with E-state index in [-0.39, 0.29) is 12.4 Å². The van der Waals surface area contributed by atoms with Gasteiger partial charge < -0.3 is 15.5 Å². The molecule has 0 aromatic heterocycles. The van der Waals surface area contributed by atoms with Crippen molar-refractivity contribution in [1.29, 1.82) is 0 Å². The summed E-state index contributed by atoms with van der Waals surface area (Å²) in [5.41, 5.74) is 0.624. The van der Waals surface area contributed by atoms with Gasteiger partial charge in [0.1, 0.15) is 5.75 Å². The second-order valence-electron chi connectivity index (χ2n) is 3.78. The van der Waals surface area contributed by atoms with Crippen molar-refractivity contribution in [3.05, 3.63) is 29.8 Å². The van der Waals surface area contributed by atoms with Crippen LogP contribution in [0.1, 0.15) is 5.56 Å². The normalized spacial score (nSPS) is 14.6. The summed E-state index contributed by atoms with van der Waals surface area (Å²) in [5, 5.41) is 27.5. The van der Waals surface area contributed by atoms with Crippen LogP contribution < -0.4 is 5.32 Å². The number of aliphatic hydroxyl groups is 1. The first-order valence-corrected chi connectivity index (χ1v) is 5.80. The van der Waals surface area contributed by atoms with Crippen molar-refractivity contribution in [1.82, 2.24) is 10.3 Å². The van der Waals surface area contributed by atoms with E-state index < -0.39 is 0 Å². The number of nitrogens with zero attached hydrogens (tertiary/aromatic N) is 3. The monoisotopic (exact) mass is 248 g/mol. The van der Waals surface area contributed by atoms with Crippen molar-refractivity contribution in [2.24, 2.45) is 10.1 Å². The van der Waals surface area contributed by atoms with Gasteiger partial charge in [0, 0.05) is 12.1 Å². The highest BCUT2D eigenvalue weighted by Gasteiger charge is 2.12. The van der Waals surface area contributed by atoms with E-state index in [2.05, 4.69) is 15.4 Å². The van der Waals surface area contributed by atoms with Crippen LogP contribution in [0.15, 0.2) is 34.4 Å². The van der Waals surface area contributed by atoms with Crippen LogP contribution >= 0.6 is 0 Å². The van der Waals surface area contributed by atoms with E-state index in [1.807, 2.05) is 6.07 Å². The van der Waals surface area contributed by atoms with Crippen LogP contribution in [0, 0.1) is 0 Å². The number of nitrogens with one attached hydrogen (secondary N) is 1. The molecule has 1 aliphatic rings. The fourth-order valence-electron chi connectivity index (χ4n) is 1.60. The molecule has 0 saturated carbocycles. The van der Waals surface area contributed by atoms with Crippen molar-refractivity contribution < 1.29 is 10.2 Å². The molecule has 1 aromatic carbocycles. The van der Waals surface area contributed by atoms with Crippen molar-refractivity contribution in [3.8, 4) is 5.75 Å². The quantitative estimate of drug-likeness (QED) is 0.517. The Morgan fingerprint density at radius 1 is 1.44 bits per heavy atom. The van der Waals surface area contributed by atoms with Gasteiger partial charge in [0.15, 0.2) is 0 Å². The Kier molecular flexibility index (Phi) is 4.14. The predicted octanol–water partition coefficient (Wildman–Crippen LogP) is -0.0204. The largest absolute Gasteiger partial charge is 0.507 e. The Hall–Kier alpha value is -2.08. The first kappa shape index (κ1) is 12.4. The summed E-state index contributed by atoms with van der Waals surface area (Å²) in [6.45, 7) is 1.83. The van der Waals surface area contributed by atoms with Gasteiger partial charge >= 0.3 is 0 Å². The van der Waals surface area contributed by atoms with E-state index in [1.54, 1.807) is 29.4 Å². The van der Waals surface area contributed by atoms with Crippen LogP contribution in [0.25, 0.3) is 0 Å². The molecule has 1 aliphatic heterocycles. The van der Waals surface area contributed by atoms with Gasteiger partial charge in [-0.2, -0.15) is 5.10 Å². The van der Waals surface area contributed by atoms with Gasteiger partial charge in [-0.3, -0.25) is 0 Å². The molecule has 2 rings (SSSR count). The molecule has 96 valence electrons. The van der Waals surface area contributed by atoms with Gasteiger partial charge in [0.2, 0.25) is 5.96 Å². The molecule has 0 atom stereocenters. The number of hydrogen-bond acceptors (Lipinski definition) is 6. The topological polar surface area (TPSA) is 80.5 Å². The molecule has 0 spiro atoms. The Labute approximate surface area is 105 Å². The van der Waals surface area contributed by atoms with Gasteiger partial charge in [-0.25, -0.2) is 10.0 Å². The Bertz CT molecular complexity index is 459. The maximum absolute atomic E-state index is 9.61. The molecule has 3 N–H and O–H groups in total. The van der Waals surface area contributed by atoms with Crippen LogP contribution in [-0.2, 0) is 0 Å². The average Bonchev–Trinajstić information content (AvgIpc) is 2.90. The number of hydrazone groups is 1. The molecule has 1 aromatic rings. The Morgan fingerprint density at radius 2 is 2.28 bits per heavy atom. The maximum atomic E-state index is 9.61. The standard InChI is InChI=1S/C12H16N4O2/c17-8-7-16(12-13-5-6-14-12)15-9-10-3-1-2-4-11(10)18/h1-4,9,17-18H,5-8H2,(H,13,14)/b15-9+. The maximum Gasteiger partial charge on any atom is 0.215 e. The predicted molar refractivity (Wildman–Crippen MR) is 69.8 cm³/mol. The molecule has 6 nitrogen and oxygen atoms in total. The second kappa shape index (κ2) is 6.02. The van der Waals surface area contributed by atoms with Crippen LogP contribution in [-0.4, -0.2) is 53.6 Å². The summed E-state index contributed by atoms with van der Waals surface area (Å²) in [7, 11) is 0. The van der Waals surface area contributed by atoms with Crippen molar-refractivity contribution in [3.63, 3.8) is 0 Å².